The summed E-state index contributed by atoms with van der Waals surface area (Å²) in [4.78, 5) is 24.4. The second-order valence-electron chi connectivity index (χ2n) is 5.61. The highest BCUT2D eigenvalue weighted by molar-refractivity contribution is 5.95. The maximum atomic E-state index is 12.3. The van der Waals surface area contributed by atoms with Crippen LogP contribution in [0.25, 0.3) is 0 Å². The third-order valence-corrected chi connectivity index (χ3v) is 3.68. The number of hydrogen-bond donors (Lipinski definition) is 4. The van der Waals surface area contributed by atoms with Crippen LogP contribution in [0.1, 0.15) is 20.7 Å². The number of hydrogen-bond acceptors (Lipinski definition) is 8. The molecule has 0 aromatic heterocycles. The number of aromatic hydroxyl groups is 4. The lowest BCUT2D eigenvalue weighted by molar-refractivity contribution is 0.0708. The summed E-state index contributed by atoms with van der Waals surface area (Å²) in [6.45, 7) is 0. The smallest absolute Gasteiger partial charge is 0.343 e. The molecule has 3 aromatic carbocycles. The van der Waals surface area contributed by atoms with E-state index in [1.54, 1.807) is 18.2 Å². The quantitative estimate of drug-likeness (QED) is 0.307. The fourth-order valence-corrected chi connectivity index (χ4v) is 2.27. The zero-order valence-corrected chi connectivity index (χ0v) is 14.2. The number of benzene rings is 3. The molecule has 28 heavy (non-hydrogen) atoms. The Labute approximate surface area is 158 Å². The van der Waals surface area contributed by atoms with E-state index in [1.807, 2.05) is 0 Å². The fraction of sp³-hybridized carbons (Fsp3) is 0. The van der Waals surface area contributed by atoms with E-state index in [0.717, 1.165) is 12.1 Å². The number of esters is 2. The van der Waals surface area contributed by atoms with Crippen molar-refractivity contribution in [3.05, 3.63) is 71.8 Å². The van der Waals surface area contributed by atoms with Gasteiger partial charge in [0, 0.05) is 0 Å². The van der Waals surface area contributed by atoms with Gasteiger partial charge in [0.05, 0.1) is 11.1 Å². The summed E-state index contributed by atoms with van der Waals surface area (Å²) in [5.74, 6) is -5.21. The molecular weight excluding hydrogens is 368 g/mol. The number of para-hydroxylation sites is 1. The summed E-state index contributed by atoms with van der Waals surface area (Å²) < 4.78 is 10.0. The molecule has 8 nitrogen and oxygen atoms in total. The highest BCUT2D eigenvalue weighted by Crippen LogP contribution is 2.38. The molecule has 0 atom stereocenters. The van der Waals surface area contributed by atoms with Crippen LogP contribution in [0.3, 0.4) is 0 Å². The second kappa shape index (κ2) is 7.58. The summed E-state index contributed by atoms with van der Waals surface area (Å²) in [6.07, 6.45) is 0. The number of rotatable bonds is 4. The number of ether oxygens (including phenoxy) is 2. The molecule has 0 unspecified atom stereocenters. The minimum Gasteiger partial charge on any atom is -0.504 e. The van der Waals surface area contributed by atoms with Gasteiger partial charge in [-0.1, -0.05) is 24.3 Å². The molecule has 0 bridgehead atoms. The first-order valence-corrected chi connectivity index (χ1v) is 7.93. The number of phenolic OH excluding ortho intramolecular Hbond substituents is 4. The Kier molecular flexibility index (Phi) is 5.03. The van der Waals surface area contributed by atoms with E-state index in [0.29, 0.717) is 0 Å². The molecule has 0 heterocycles. The van der Waals surface area contributed by atoms with Crippen LogP contribution in [0.4, 0.5) is 0 Å². The van der Waals surface area contributed by atoms with Crippen LogP contribution in [0.15, 0.2) is 60.7 Å². The Morgan fingerprint density at radius 3 is 1.93 bits per heavy atom. The zero-order chi connectivity index (χ0) is 20.3. The predicted octanol–water partition coefficient (Wildman–Crippen LogP) is 2.95. The Balaban J connectivity index is 1.87. The fourth-order valence-electron chi connectivity index (χ4n) is 2.27. The monoisotopic (exact) mass is 382 g/mol. The van der Waals surface area contributed by atoms with E-state index >= 15 is 0 Å². The van der Waals surface area contributed by atoms with Crippen LogP contribution < -0.4 is 9.47 Å². The predicted molar refractivity (Wildman–Crippen MR) is 95.9 cm³/mol. The van der Waals surface area contributed by atoms with Gasteiger partial charge < -0.3 is 29.9 Å². The van der Waals surface area contributed by atoms with Crippen LogP contribution in [-0.4, -0.2) is 32.4 Å². The summed E-state index contributed by atoms with van der Waals surface area (Å²) >= 11 is 0. The topological polar surface area (TPSA) is 134 Å². The van der Waals surface area contributed by atoms with Gasteiger partial charge in [-0.3, -0.25) is 0 Å². The Morgan fingerprint density at radius 2 is 1.21 bits per heavy atom. The van der Waals surface area contributed by atoms with Gasteiger partial charge in [-0.25, -0.2) is 9.59 Å². The van der Waals surface area contributed by atoms with Crippen molar-refractivity contribution in [2.45, 2.75) is 0 Å². The van der Waals surface area contributed by atoms with Crippen LogP contribution in [0, 0.1) is 0 Å². The summed E-state index contributed by atoms with van der Waals surface area (Å²) in [6, 6.07) is 13.6. The molecule has 0 aliphatic heterocycles. The van der Waals surface area contributed by atoms with E-state index in [-0.39, 0.29) is 16.9 Å². The third-order valence-electron chi connectivity index (χ3n) is 3.68. The summed E-state index contributed by atoms with van der Waals surface area (Å²) in [5.41, 5.74) is -0.0760. The minimum atomic E-state index is -1.03. The van der Waals surface area contributed by atoms with Crippen LogP contribution >= 0.6 is 0 Å². The summed E-state index contributed by atoms with van der Waals surface area (Å²) in [7, 11) is 0. The van der Waals surface area contributed by atoms with Gasteiger partial charge in [-0.2, -0.15) is 0 Å². The highest BCUT2D eigenvalue weighted by Gasteiger charge is 2.20. The molecule has 0 spiro atoms. The van der Waals surface area contributed by atoms with E-state index in [9.17, 15) is 30.0 Å². The maximum Gasteiger partial charge on any atom is 0.343 e. The van der Waals surface area contributed by atoms with Gasteiger partial charge in [0.15, 0.2) is 23.0 Å². The van der Waals surface area contributed by atoms with Crippen molar-refractivity contribution in [1.29, 1.82) is 0 Å². The van der Waals surface area contributed by atoms with Crippen molar-refractivity contribution in [3.63, 3.8) is 0 Å². The molecular formula is C20H14O8. The molecule has 3 aromatic rings. The minimum absolute atomic E-state index is 0.194. The van der Waals surface area contributed by atoms with Crippen molar-refractivity contribution in [1.82, 2.24) is 0 Å². The highest BCUT2D eigenvalue weighted by atomic mass is 16.5. The molecule has 3 rings (SSSR count). The number of carbonyl (C=O) groups excluding carboxylic acids is 2. The standard InChI is InChI=1S/C20H14O8/c21-13-7-4-8-15(17(13)23)27-20(26)12-9-14(22)18(24)16(10-12)28-19(25)11-5-2-1-3-6-11/h1-10,21-24H. The van der Waals surface area contributed by atoms with Gasteiger partial charge in [-0.05, 0) is 36.4 Å². The average Bonchev–Trinajstić information content (AvgIpc) is 2.69. The van der Waals surface area contributed by atoms with E-state index < -0.39 is 40.7 Å². The molecule has 8 heteroatoms. The lowest BCUT2D eigenvalue weighted by atomic mass is 10.1. The van der Waals surface area contributed by atoms with Crippen LogP contribution in [0.5, 0.6) is 34.5 Å². The molecule has 0 amide bonds. The van der Waals surface area contributed by atoms with Gasteiger partial charge in [0.1, 0.15) is 0 Å². The van der Waals surface area contributed by atoms with Crippen LogP contribution in [-0.2, 0) is 0 Å². The maximum absolute atomic E-state index is 12.3. The lowest BCUT2D eigenvalue weighted by Gasteiger charge is -2.11. The first-order chi connectivity index (χ1) is 13.4. The molecule has 0 aliphatic carbocycles. The van der Waals surface area contributed by atoms with E-state index in [2.05, 4.69) is 0 Å². The van der Waals surface area contributed by atoms with Gasteiger partial charge in [0.25, 0.3) is 0 Å². The normalized spacial score (nSPS) is 10.3. The summed E-state index contributed by atoms with van der Waals surface area (Å²) in [5, 5.41) is 38.9. The van der Waals surface area contributed by atoms with Crippen molar-refractivity contribution in [2.75, 3.05) is 0 Å². The van der Waals surface area contributed by atoms with Crippen molar-refractivity contribution in [3.8, 4) is 34.5 Å². The van der Waals surface area contributed by atoms with E-state index in [4.69, 9.17) is 9.47 Å². The molecule has 0 aliphatic rings. The van der Waals surface area contributed by atoms with Crippen molar-refractivity contribution < 1.29 is 39.5 Å². The SMILES string of the molecule is O=C(Oc1cccc(O)c1O)c1cc(O)c(O)c(OC(=O)c2ccccc2)c1. The third kappa shape index (κ3) is 3.80. The number of carbonyl (C=O) groups is 2. The Hall–Kier alpha value is -4.20. The molecule has 0 fully saturated rings. The lowest BCUT2D eigenvalue weighted by Crippen LogP contribution is -2.11. The Morgan fingerprint density at radius 1 is 0.607 bits per heavy atom. The van der Waals surface area contributed by atoms with Gasteiger partial charge >= 0.3 is 11.9 Å². The van der Waals surface area contributed by atoms with Crippen LogP contribution in [0.2, 0.25) is 0 Å². The van der Waals surface area contributed by atoms with Crippen molar-refractivity contribution >= 4 is 11.9 Å². The van der Waals surface area contributed by atoms with E-state index in [1.165, 1.54) is 30.3 Å². The molecule has 0 radical (unpaired) electrons. The average molecular weight is 382 g/mol. The first-order valence-electron chi connectivity index (χ1n) is 7.93. The first kappa shape index (κ1) is 18.6. The molecule has 142 valence electrons. The molecule has 0 saturated heterocycles. The van der Waals surface area contributed by atoms with Crippen molar-refractivity contribution in [2.24, 2.45) is 0 Å². The Bertz CT molecular complexity index is 1040. The largest absolute Gasteiger partial charge is 0.504 e. The van der Waals surface area contributed by atoms with Gasteiger partial charge in [0.2, 0.25) is 11.5 Å². The molecule has 0 saturated carbocycles. The zero-order valence-electron chi connectivity index (χ0n) is 14.2. The van der Waals surface area contributed by atoms with Gasteiger partial charge in [-0.15, -0.1) is 0 Å². The molecule has 4 N–H and O–H groups in total. The number of phenols is 4. The second-order valence-corrected chi connectivity index (χ2v) is 5.61.